The summed E-state index contributed by atoms with van der Waals surface area (Å²) >= 11 is 0. The summed E-state index contributed by atoms with van der Waals surface area (Å²) in [6, 6.07) is 0. The van der Waals surface area contributed by atoms with Crippen molar-refractivity contribution >= 4 is 23.5 Å². The smallest absolute Gasteiger partial charge is 0.303 e. The number of aliphatic hydroxyl groups is 1. The van der Waals surface area contributed by atoms with Gasteiger partial charge in [-0.2, -0.15) is 0 Å². The standard InChI is InChI=1S/C25H36O7/c1-14(26)31-13-21(29)25(30)10-8-19-18-6-5-16-11-17(32-15(2)27)7-9-23(16,3)22(18)20(28)12-24(19,25)4/h16-19,22,30H,5-13H2,1-4H3/t16-,17?,18-,19-,22+,23-,24-,25-/m0/s1. The zero-order valence-corrected chi connectivity index (χ0v) is 19.6. The first-order valence-corrected chi connectivity index (χ1v) is 12.0. The summed E-state index contributed by atoms with van der Waals surface area (Å²) in [6.45, 7) is 6.34. The minimum Gasteiger partial charge on any atom is -0.463 e. The van der Waals surface area contributed by atoms with Gasteiger partial charge < -0.3 is 14.6 Å². The Morgan fingerprint density at radius 1 is 1.03 bits per heavy atom. The first kappa shape index (κ1) is 23.4. The molecule has 0 aromatic carbocycles. The summed E-state index contributed by atoms with van der Waals surface area (Å²) in [5, 5.41) is 11.5. The van der Waals surface area contributed by atoms with E-state index in [9.17, 15) is 24.3 Å². The van der Waals surface area contributed by atoms with Gasteiger partial charge in [0, 0.05) is 31.6 Å². The fourth-order valence-corrected chi connectivity index (χ4v) is 8.12. The molecule has 8 atom stereocenters. The topological polar surface area (TPSA) is 107 Å². The molecule has 4 saturated carbocycles. The van der Waals surface area contributed by atoms with Crippen LogP contribution in [0.4, 0.5) is 0 Å². The third kappa shape index (κ3) is 3.42. The van der Waals surface area contributed by atoms with E-state index in [1.165, 1.54) is 13.8 Å². The SMILES string of the molecule is CC(=O)OCC(=O)[C@@]1(O)CC[C@H]2[C@@H]3CC[C@H]4CC(OC(C)=O)CC[C@]4(C)[C@H]3C(=O)C[C@@]21C. The third-order valence-electron chi connectivity index (χ3n) is 9.66. The molecule has 32 heavy (non-hydrogen) atoms. The number of ketones is 2. The number of esters is 2. The summed E-state index contributed by atoms with van der Waals surface area (Å²) in [5.74, 6) is -0.677. The van der Waals surface area contributed by atoms with Gasteiger partial charge in [-0.15, -0.1) is 0 Å². The predicted molar refractivity (Wildman–Crippen MR) is 114 cm³/mol. The second-order valence-electron chi connectivity index (χ2n) is 11.2. The highest BCUT2D eigenvalue weighted by Gasteiger charge is 2.69. The zero-order valence-electron chi connectivity index (χ0n) is 19.6. The fourth-order valence-electron chi connectivity index (χ4n) is 8.12. The van der Waals surface area contributed by atoms with Crippen LogP contribution in [0, 0.1) is 34.5 Å². The van der Waals surface area contributed by atoms with Crippen molar-refractivity contribution in [3.63, 3.8) is 0 Å². The second-order valence-corrected chi connectivity index (χ2v) is 11.2. The lowest BCUT2D eigenvalue weighted by atomic mass is 9.44. The van der Waals surface area contributed by atoms with E-state index in [2.05, 4.69) is 6.92 Å². The van der Waals surface area contributed by atoms with Gasteiger partial charge in [0.2, 0.25) is 5.78 Å². The van der Waals surface area contributed by atoms with Gasteiger partial charge in [0.05, 0.1) is 0 Å². The summed E-state index contributed by atoms with van der Waals surface area (Å²) in [7, 11) is 0. The first-order chi connectivity index (χ1) is 14.9. The van der Waals surface area contributed by atoms with E-state index in [0.29, 0.717) is 18.8 Å². The Hall–Kier alpha value is -1.76. The van der Waals surface area contributed by atoms with E-state index in [-0.39, 0.29) is 47.4 Å². The Labute approximate surface area is 189 Å². The number of carbonyl (C=O) groups excluding carboxylic acids is 4. The molecule has 0 heterocycles. The van der Waals surface area contributed by atoms with Gasteiger partial charge in [-0.05, 0) is 68.1 Å². The Kier molecular flexibility index (Phi) is 5.80. The molecule has 1 unspecified atom stereocenters. The molecule has 4 fully saturated rings. The van der Waals surface area contributed by atoms with Crippen LogP contribution in [0.1, 0.15) is 79.1 Å². The summed E-state index contributed by atoms with van der Waals surface area (Å²) in [4.78, 5) is 49.2. The maximum absolute atomic E-state index is 13.7. The van der Waals surface area contributed by atoms with Crippen molar-refractivity contribution in [1.82, 2.24) is 0 Å². The number of hydrogen-bond donors (Lipinski definition) is 1. The van der Waals surface area contributed by atoms with Crippen LogP contribution in [0.15, 0.2) is 0 Å². The van der Waals surface area contributed by atoms with Gasteiger partial charge in [0.15, 0.2) is 6.61 Å². The number of carbonyl (C=O) groups is 4. The highest BCUT2D eigenvalue weighted by atomic mass is 16.5. The lowest BCUT2D eigenvalue weighted by molar-refractivity contribution is -0.183. The van der Waals surface area contributed by atoms with Crippen molar-refractivity contribution in [2.75, 3.05) is 6.61 Å². The summed E-state index contributed by atoms with van der Waals surface area (Å²) < 4.78 is 10.4. The van der Waals surface area contributed by atoms with Gasteiger partial charge >= 0.3 is 11.9 Å². The summed E-state index contributed by atoms with van der Waals surface area (Å²) in [6.07, 6.45) is 5.39. The van der Waals surface area contributed by atoms with Crippen LogP contribution >= 0.6 is 0 Å². The number of rotatable bonds is 4. The maximum Gasteiger partial charge on any atom is 0.303 e. The molecule has 0 spiro atoms. The Morgan fingerprint density at radius 2 is 1.75 bits per heavy atom. The van der Waals surface area contributed by atoms with Crippen molar-refractivity contribution in [1.29, 1.82) is 0 Å². The molecule has 4 aliphatic rings. The maximum atomic E-state index is 13.7. The van der Waals surface area contributed by atoms with E-state index in [0.717, 1.165) is 32.1 Å². The Bertz CT molecular complexity index is 836. The molecule has 0 saturated heterocycles. The number of Topliss-reactive ketones (excluding diaryl/α,β-unsaturated/α-hetero) is 2. The molecule has 0 bridgehead atoms. The molecule has 7 nitrogen and oxygen atoms in total. The van der Waals surface area contributed by atoms with Crippen LogP contribution in [-0.4, -0.2) is 46.9 Å². The zero-order chi connectivity index (χ0) is 23.5. The van der Waals surface area contributed by atoms with Crippen molar-refractivity contribution < 1.29 is 33.8 Å². The van der Waals surface area contributed by atoms with Crippen molar-refractivity contribution in [2.24, 2.45) is 34.5 Å². The number of hydrogen-bond acceptors (Lipinski definition) is 7. The molecule has 4 rings (SSSR count). The fraction of sp³-hybridized carbons (Fsp3) is 0.840. The quantitative estimate of drug-likeness (QED) is 0.659. The van der Waals surface area contributed by atoms with Crippen molar-refractivity contribution in [3.8, 4) is 0 Å². The molecule has 7 heteroatoms. The van der Waals surface area contributed by atoms with E-state index >= 15 is 0 Å². The molecule has 0 aliphatic heterocycles. The Morgan fingerprint density at radius 3 is 2.41 bits per heavy atom. The first-order valence-electron chi connectivity index (χ1n) is 12.0. The van der Waals surface area contributed by atoms with E-state index in [4.69, 9.17) is 9.47 Å². The molecule has 0 aromatic heterocycles. The van der Waals surface area contributed by atoms with E-state index in [1.807, 2.05) is 6.92 Å². The van der Waals surface area contributed by atoms with Crippen LogP contribution < -0.4 is 0 Å². The third-order valence-corrected chi connectivity index (χ3v) is 9.66. The highest BCUT2D eigenvalue weighted by Crippen LogP contribution is 2.67. The molecular formula is C25H36O7. The normalized spacial score (nSPS) is 45.3. The molecule has 178 valence electrons. The molecule has 0 radical (unpaired) electrons. The number of fused-ring (bicyclic) bond motifs is 5. The van der Waals surface area contributed by atoms with Gasteiger partial charge in [0.25, 0.3) is 0 Å². The predicted octanol–water partition coefficient (Wildman–Crippen LogP) is 3.00. The molecular weight excluding hydrogens is 412 g/mol. The van der Waals surface area contributed by atoms with Crippen LogP contribution in [0.2, 0.25) is 0 Å². The summed E-state index contributed by atoms with van der Waals surface area (Å²) in [5.41, 5.74) is -2.61. The van der Waals surface area contributed by atoms with Gasteiger partial charge in [0.1, 0.15) is 17.5 Å². The minimum atomic E-state index is -1.64. The Balaban J connectivity index is 1.57. The molecule has 0 aromatic rings. The largest absolute Gasteiger partial charge is 0.463 e. The van der Waals surface area contributed by atoms with Crippen LogP contribution in [0.5, 0.6) is 0 Å². The van der Waals surface area contributed by atoms with Gasteiger partial charge in [-0.1, -0.05) is 13.8 Å². The van der Waals surface area contributed by atoms with E-state index in [1.54, 1.807) is 0 Å². The van der Waals surface area contributed by atoms with Gasteiger partial charge in [-0.25, -0.2) is 0 Å². The lowest BCUT2D eigenvalue weighted by Crippen LogP contribution is -2.62. The monoisotopic (exact) mass is 448 g/mol. The van der Waals surface area contributed by atoms with Crippen LogP contribution in [0.25, 0.3) is 0 Å². The highest BCUT2D eigenvalue weighted by molar-refractivity contribution is 5.93. The number of ether oxygens (including phenoxy) is 2. The average molecular weight is 449 g/mol. The van der Waals surface area contributed by atoms with Crippen LogP contribution in [0.3, 0.4) is 0 Å². The second kappa shape index (κ2) is 7.93. The van der Waals surface area contributed by atoms with Gasteiger partial charge in [-0.3, -0.25) is 19.2 Å². The lowest BCUT2D eigenvalue weighted by Gasteiger charge is -2.60. The average Bonchev–Trinajstić information content (AvgIpc) is 2.97. The molecule has 4 aliphatic carbocycles. The molecule has 0 amide bonds. The molecule has 1 N–H and O–H groups in total. The van der Waals surface area contributed by atoms with E-state index < -0.39 is 29.4 Å². The van der Waals surface area contributed by atoms with Crippen molar-refractivity contribution in [2.45, 2.75) is 90.8 Å². The van der Waals surface area contributed by atoms with Crippen LogP contribution in [-0.2, 0) is 28.7 Å². The van der Waals surface area contributed by atoms with Crippen molar-refractivity contribution in [3.05, 3.63) is 0 Å². The minimum absolute atomic E-state index is 0.0680.